The Labute approximate surface area is 116 Å². The molecule has 0 aliphatic heterocycles. The van der Waals surface area contributed by atoms with Gasteiger partial charge in [0.25, 0.3) is 0 Å². The third-order valence-corrected chi connectivity index (χ3v) is 2.90. The number of hydrazone groups is 1. The highest BCUT2D eigenvalue weighted by atomic mass is 16.4. The summed E-state index contributed by atoms with van der Waals surface area (Å²) < 4.78 is 5.65. The van der Waals surface area contributed by atoms with E-state index >= 15 is 0 Å². The average molecular weight is 266 g/mol. The molecule has 0 aliphatic carbocycles. The van der Waals surface area contributed by atoms with Crippen molar-refractivity contribution in [2.24, 2.45) is 5.10 Å². The zero-order chi connectivity index (χ0) is 13.9. The molecular formula is C15H14N4O. The highest BCUT2D eigenvalue weighted by molar-refractivity contribution is 5.97. The van der Waals surface area contributed by atoms with E-state index in [9.17, 15) is 0 Å². The molecule has 100 valence electrons. The number of hydrogen-bond donors (Lipinski definition) is 0. The maximum atomic E-state index is 5.65. The van der Waals surface area contributed by atoms with E-state index in [1.54, 1.807) is 18.3 Å². The summed E-state index contributed by atoms with van der Waals surface area (Å²) in [5, 5.41) is 6.06. The molecule has 0 saturated carbocycles. The van der Waals surface area contributed by atoms with Crippen LogP contribution in [0.1, 0.15) is 12.6 Å². The van der Waals surface area contributed by atoms with E-state index in [4.69, 9.17) is 4.42 Å². The second kappa shape index (κ2) is 5.13. The summed E-state index contributed by atoms with van der Waals surface area (Å²) in [6.45, 7) is 1.90. The number of hydrogen-bond acceptors (Lipinski definition) is 5. The van der Waals surface area contributed by atoms with Gasteiger partial charge in [-0.2, -0.15) is 10.1 Å². The largest absolute Gasteiger partial charge is 0.422 e. The number of aromatic nitrogens is 2. The predicted octanol–water partition coefficient (Wildman–Crippen LogP) is 3.08. The van der Waals surface area contributed by atoms with Crippen LogP contribution in [0.4, 0.5) is 6.01 Å². The molecule has 0 unspecified atom stereocenters. The molecule has 0 spiro atoms. The predicted molar refractivity (Wildman–Crippen MR) is 78.9 cm³/mol. The topological polar surface area (TPSA) is 54.5 Å². The number of nitrogens with zero attached hydrogens (tertiary/aromatic N) is 4. The third-order valence-electron chi connectivity index (χ3n) is 2.90. The number of para-hydroxylation sites is 2. The van der Waals surface area contributed by atoms with Gasteiger partial charge in [-0.15, -0.1) is 0 Å². The van der Waals surface area contributed by atoms with Gasteiger partial charge in [-0.1, -0.05) is 18.2 Å². The van der Waals surface area contributed by atoms with Crippen molar-refractivity contribution in [1.29, 1.82) is 0 Å². The molecule has 20 heavy (non-hydrogen) atoms. The minimum Gasteiger partial charge on any atom is -0.422 e. The Morgan fingerprint density at radius 1 is 1.15 bits per heavy atom. The van der Waals surface area contributed by atoms with Gasteiger partial charge in [0.15, 0.2) is 5.58 Å². The smallest absolute Gasteiger partial charge is 0.319 e. The molecule has 5 nitrogen and oxygen atoms in total. The minimum absolute atomic E-state index is 0.460. The van der Waals surface area contributed by atoms with Crippen molar-refractivity contribution in [3.05, 3.63) is 54.4 Å². The van der Waals surface area contributed by atoms with E-state index in [0.717, 1.165) is 22.5 Å². The SMILES string of the molecule is C/C(=N\N(C)c1nc2ccccc2o1)c1ccccn1. The van der Waals surface area contributed by atoms with Gasteiger partial charge in [0.05, 0.1) is 11.4 Å². The first-order valence-corrected chi connectivity index (χ1v) is 6.30. The molecular weight excluding hydrogens is 252 g/mol. The van der Waals surface area contributed by atoms with Crippen LogP contribution in [0, 0.1) is 0 Å². The van der Waals surface area contributed by atoms with E-state index in [1.807, 2.05) is 49.4 Å². The summed E-state index contributed by atoms with van der Waals surface area (Å²) in [6.07, 6.45) is 1.74. The molecule has 0 radical (unpaired) electrons. The normalized spacial score (nSPS) is 11.8. The first-order valence-electron chi connectivity index (χ1n) is 6.30. The Morgan fingerprint density at radius 2 is 1.95 bits per heavy atom. The lowest BCUT2D eigenvalue weighted by atomic mass is 10.3. The number of anilines is 1. The van der Waals surface area contributed by atoms with Crippen LogP contribution in [-0.2, 0) is 0 Å². The first-order chi connectivity index (χ1) is 9.74. The maximum Gasteiger partial charge on any atom is 0.319 e. The molecule has 0 fully saturated rings. The van der Waals surface area contributed by atoms with Crippen LogP contribution in [-0.4, -0.2) is 22.7 Å². The molecule has 0 N–H and O–H groups in total. The van der Waals surface area contributed by atoms with Crippen molar-refractivity contribution < 1.29 is 4.42 Å². The summed E-state index contributed by atoms with van der Waals surface area (Å²) in [5.41, 5.74) is 3.20. The van der Waals surface area contributed by atoms with Crippen molar-refractivity contribution in [1.82, 2.24) is 9.97 Å². The summed E-state index contributed by atoms with van der Waals surface area (Å²) in [6, 6.07) is 13.8. The number of benzene rings is 1. The Balaban J connectivity index is 1.90. The molecule has 2 aromatic heterocycles. The zero-order valence-electron chi connectivity index (χ0n) is 11.3. The van der Waals surface area contributed by atoms with Crippen molar-refractivity contribution in [2.75, 3.05) is 12.1 Å². The van der Waals surface area contributed by atoms with Crippen LogP contribution >= 0.6 is 0 Å². The Kier molecular flexibility index (Phi) is 3.16. The Hall–Kier alpha value is -2.69. The fraction of sp³-hybridized carbons (Fsp3) is 0.133. The summed E-state index contributed by atoms with van der Waals surface area (Å²) in [7, 11) is 1.80. The van der Waals surface area contributed by atoms with Crippen LogP contribution in [0.3, 0.4) is 0 Å². The average Bonchev–Trinajstić information content (AvgIpc) is 2.92. The zero-order valence-corrected chi connectivity index (χ0v) is 11.3. The molecule has 2 heterocycles. The lowest BCUT2D eigenvalue weighted by molar-refractivity contribution is 0.588. The van der Waals surface area contributed by atoms with Crippen molar-refractivity contribution in [3.63, 3.8) is 0 Å². The molecule has 0 bridgehead atoms. The van der Waals surface area contributed by atoms with Crippen LogP contribution in [0.5, 0.6) is 0 Å². The molecule has 1 aromatic carbocycles. The first kappa shape index (κ1) is 12.3. The monoisotopic (exact) mass is 266 g/mol. The van der Waals surface area contributed by atoms with Crippen molar-refractivity contribution in [3.8, 4) is 0 Å². The summed E-state index contributed by atoms with van der Waals surface area (Å²) >= 11 is 0. The third kappa shape index (κ3) is 2.38. The Morgan fingerprint density at radius 3 is 2.70 bits per heavy atom. The number of fused-ring (bicyclic) bond motifs is 1. The van der Waals surface area contributed by atoms with Gasteiger partial charge in [-0.25, -0.2) is 5.01 Å². The maximum absolute atomic E-state index is 5.65. The van der Waals surface area contributed by atoms with Crippen LogP contribution in [0.2, 0.25) is 0 Å². The lowest BCUT2D eigenvalue weighted by Crippen LogP contribution is -2.13. The highest BCUT2D eigenvalue weighted by Gasteiger charge is 2.10. The summed E-state index contributed by atoms with van der Waals surface area (Å²) in [5.74, 6) is 0. The van der Waals surface area contributed by atoms with Gasteiger partial charge in [0, 0.05) is 13.2 Å². The van der Waals surface area contributed by atoms with E-state index in [2.05, 4.69) is 15.1 Å². The minimum atomic E-state index is 0.460. The Bertz CT molecular complexity index is 716. The van der Waals surface area contributed by atoms with Gasteiger partial charge in [-0.05, 0) is 31.2 Å². The number of rotatable bonds is 3. The molecule has 0 saturated heterocycles. The number of oxazole rings is 1. The fourth-order valence-electron chi connectivity index (χ4n) is 1.89. The van der Waals surface area contributed by atoms with Gasteiger partial charge in [-0.3, -0.25) is 4.98 Å². The summed E-state index contributed by atoms with van der Waals surface area (Å²) in [4.78, 5) is 8.65. The molecule has 0 atom stereocenters. The van der Waals surface area contributed by atoms with E-state index in [1.165, 1.54) is 0 Å². The van der Waals surface area contributed by atoms with Crippen molar-refractivity contribution in [2.45, 2.75) is 6.92 Å². The van der Waals surface area contributed by atoms with E-state index in [0.29, 0.717) is 6.01 Å². The standard InChI is InChI=1S/C15H14N4O/c1-11(12-7-5-6-10-16-12)18-19(2)15-17-13-8-3-4-9-14(13)20-15/h3-10H,1-2H3/b18-11+. The van der Waals surface area contributed by atoms with Gasteiger partial charge >= 0.3 is 6.01 Å². The van der Waals surface area contributed by atoms with Crippen LogP contribution in [0.15, 0.2) is 58.2 Å². The highest BCUT2D eigenvalue weighted by Crippen LogP contribution is 2.20. The second-order valence-corrected chi connectivity index (χ2v) is 4.39. The van der Waals surface area contributed by atoms with Gasteiger partial charge in [0.1, 0.15) is 5.52 Å². The number of pyridine rings is 1. The van der Waals surface area contributed by atoms with Crippen LogP contribution in [0.25, 0.3) is 11.1 Å². The molecule has 0 amide bonds. The quantitative estimate of drug-likeness (QED) is 0.540. The van der Waals surface area contributed by atoms with Crippen LogP contribution < -0.4 is 5.01 Å². The molecule has 5 heteroatoms. The fourth-order valence-corrected chi connectivity index (χ4v) is 1.89. The second-order valence-electron chi connectivity index (χ2n) is 4.39. The van der Waals surface area contributed by atoms with Gasteiger partial charge in [0.2, 0.25) is 0 Å². The molecule has 3 aromatic rings. The molecule has 0 aliphatic rings. The van der Waals surface area contributed by atoms with E-state index < -0.39 is 0 Å². The van der Waals surface area contributed by atoms with Crippen molar-refractivity contribution >= 4 is 22.8 Å². The lowest BCUT2D eigenvalue weighted by Gasteiger charge is -2.08. The van der Waals surface area contributed by atoms with Gasteiger partial charge < -0.3 is 4.42 Å². The van der Waals surface area contributed by atoms with E-state index in [-0.39, 0.29) is 0 Å². The molecule has 3 rings (SSSR count).